The van der Waals surface area contributed by atoms with Crippen LogP contribution in [0.25, 0.3) is 0 Å². The van der Waals surface area contributed by atoms with Gasteiger partial charge in [0.05, 0.1) is 12.1 Å². The Labute approximate surface area is 200 Å². The van der Waals surface area contributed by atoms with Gasteiger partial charge in [0.25, 0.3) is 0 Å². The molecule has 2 aromatic rings. The molecule has 2 N–H and O–H groups in total. The van der Waals surface area contributed by atoms with E-state index in [2.05, 4.69) is 16.9 Å². The molecular formula is C26H34FN5O2. The van der Waals surface area contributed by atoms with Gasteiger partial charge in [-0.05, 0) is 44.2 Å². The largest absolute Gasteiger partial charge is 0.384 e. The van der Waals surface area contributed by atoms with Crippen molar-refractivity contribution >= 4 is 17.6 Å². The lowest BCUT2D eigenvalue weighted by atomic mass is 9.75. The van der Waals surface area contributed by atoms with E-state index >= 15 is 0 Å². The number of nitrogens with two attached hydrogens (primary N) is 1. The Morgan fingerprint density at radius 2 is 1.62 bits per heavy atom. The van der Waals surface area contributed by atoms with Crippen LogP contribution in [0.5, 0.6) is 0 Å². The smallest absolute Gasteiger partial charge is 0.228 e. The lowest BCUT2D eigenvalue weighted by Crippen LogP contribution is -2.53. The second-order valence-corrected chi connectivity index (χ2v) is 10.3. The van der Waals surface area contributed by atoms with E-state index in [-0.39, 0.29) is 29.5 Å². The minimum atomic E-state index is -0.488. The molecule has 0 bridgehead atoms. The quantitative estimate of drug-likeness (QED) is 0.745. The van der Waals surface area contributed by atoms with Crippen molar-refractivity contribution in [3.63, 3.8) is 0 Å². The molecule has 182 valence electrons. The van der Waals surface area contributed by atoms with Gasteiger partial charge >= 0.3 is 0 Å². The molecule has 0 radical (unpaired) electrons. The van der Waals surface area contributed by atoms with Crippen LogP contribution in [0.1, 0.15) is 56.6 Å². The molecule has 4 rings (SSSR count). The lowest BCUT2D eigenvalue weighted by Gasteiger charge is -2.45. The molecule has 0 aliphatic carbocycles. The number of anilines is 1. The summed E-state index contributed by atoms with van der Waals surface area (Å²) in [5, 5.41) is 0. The van der Waals surface area contributed by atoms with Crippen molar-refractivity contribution in [3.8, 4) is 0 Å². The molecule has 1 aromatic heterocycles. The number of benzene rings is 1. The Bertz CT molecular complexity index is 1050. The average molecular weight is 468 g/mol. The summed E-state index contributed by atoms with van der Waals surface area (Å²) in [6.45, 7) is 8.40. The number of likely N-dealkylation sites (tertiary alicyclic amines) is 2. The fourth-order valence-electron chi connectivity index (χ4n) is 5.12. The first-order valence-corrected chi connectivity index (χ1v) is 12.0. The van der Waals surface area contributed by atoms with Crippen LogP contribution in [0.4, 0.5) is 10.2 Å². The molecule has 2 saturated heterocycles. The van der Waals surface area contributed by atoms with E-state index in [1.54, 1.807) is 23.1 Å². The van der Waals surface area contributed by atoms with E-state index in [1.807, 2.05) is 24.8 Å². The minimum Gasteiger partial charge on any atom is -0.384 e. The van der Waals surface area contributed by atoms with Crippen LogP contribution < -0.4 is 5.73 Å². The van der Waals surface area contributed by atoms with Gasteiger partial charge in [0.2, 0.25) is 11.8 Å². The van der Waals surface area contributed by atoms with Gasteiger partial charge in [-0.2, -0.15) is 0 Å². The van der Waals surface area contributed by atoms with Crippen LogP contribution in [0.2, 0.25) is 0 Å². The van der Waals surface area contributed by atoms with Crippen LogP contribution in [0.15, 0.2) is 30.3 Å². The molecule has 2 amide bonds. The second-order valence-electron chi connectivity index (χ2n) is 10.3. The highest BCUT2D eigenvalue weighted by Crippen LogP contribution is 2.38. The molecule has 1 aromatic carbocycles. The summed E-state index contributed by atoms with van der Waals surface area (Å²) < 4.78 is 13.9. The summed E-state index contributed by atoms with van der Waals surface area (Å²) in [5.41, 5.74) is 6.66. The zero-order chi connectivity index (χ0) is 24.5. The number of piperidine rings is 2. The number of aryl methyl sites for hydroxylation is 1. The normalized spacial score (nSPS) is 19.6. The minimum absolute atomic E-state index is 0.0507. The number of nitrogen functional groups attached to an aromatic ring is 1. The monoisotopic (exact) mass is 467 g/mol. The Morgan fingerprint density at radius 1 is 1.00 bits per heavy atom. The first kappa shape index (κ1) is 24.1. The molecular weight excluding hydrogens is 433 g/mol. The summed E-state index contributed by atoms with van der Waals surface area (Å²) in [4.78, 5) is 38.7. The summed E-state index contributed by atoms with van der Waals surface area (Å²) in [6.07, 6.45) is 2.92. The van der Waals surface area contributed by atoms with E-state index in [1.165, 1.54) is 6.07 Å². The predicted molar refractivity (Wildman–Crippen MR) is 128 cm³/mol. The van der Waals surface area contributed by atoms with Crippen molar-refractivity contribution in [1.29, 1.82) is 0 Å². The Balaban J connectivity index is 1.33. The highest BCUT2D eigenvalue weighted by Gasteiger charge is 2.43. The van der Waals surface area contributed by atoms with Gasteiger partial charge < -0.3 is 15.5 Å². The molecule has 2 aliphatic rings. The zero-order valence-corrected chi connectivity index (χ0v) is 20.3. The van der Waals surface area contributed by atoms with Crippen molar-refractivity contribution in [3.05, 3.63) is 53.2 Å². The van der Waals surface area contributed by atoms with E-state index in [9.17, 15) is 14.0 Å². The first-order chi connectivity index (χ1) is 16.1. The highest BCUT2D eigenvalue weighted by molar-refractivity contribution is 5.84. The molecule has 0 atom stereocenters. The SMILES string of the molecule is Cc1nc(N)cc(C2(C)CCN(C(=O)C3(C)CCN(C(=O)Cc4ccccc4F)CC3)CC2)n1. The van der Waals surface area contributed by atoms with Gasteiger partial charge in [-0.1, -0.05) is 32.0 Å². The van der Waals surface area contributed by atoms with Crippen molar-refractivity contribution in [2.75, 3.05) is 31.9 Å². The number of hydrogen-bond donors (Lipinski definition) is 1. The molecule has 0 saturated carbocycles. The van der Waals surface area contributed by atoms with Crippen LogP contribution in [-0.4, -0.2) is 57.8 Å². The van der Waals surface area contributed by atoms with Gasteiger partial charge in [-0.15, -0.1) is 0 Å². The molecule has 0 unspecified atom stereocenters. The number of amides is 2. The van der Waals surface area contributed by atoms with Gasteiger partial charge in [-0.25, -0.2) is 14.4 Å². The molecule has 0 spiro atoms. The number of carbonyl (C=O) groups excluding carboxylic acids is 2. The fraction of sp³-hybridized carbons (Fsp3) is 0.538. The molecule has 2 aliphatic heterocycles. The van der Waals surface area contributed by atoms with Crippen molar-refractivity contribution < 1.29 is 14.0 Å². The van der Waals surface area contributed by atoms with Gasteiger partial charge in [0.15, 0.2) is 0 Å². The van der Waals surface area contributed by atoms with Gasteiger partial charge in [-0.3, -0.25) is 9.59 Å². The summed E-state index contributed by atoms with van der Waals surface area (Å²) in [5.74, 6) is 0.858. The summed E-state index contributed by atoms with van der Waals surface area (Å²) >= 11 is 0. The summed E-state index contributed by atoms with van der Waals surface area (Å²) in [6, 6.07) is 8.22. The number of rotatable bonds is 4. The van der Waals surface area contributed by atoms with Crippen molar-refractivity contribution in [1.82, 2.24) is 19.8 Å². The van der Waals surface area contributed by atoms with Crippen LogP contribution in [-0.2, 0) is 21.4 Å². The number of hydrogen-bond acceptors (Lipinski definition) is 5. The maximum atomic E-state index is 13.9. The van der Waals surface area contributed by atoms with Crippen molar-refractivity contribution in [2.45, 2.75) is 58.3 Å². The third kappa shape index (κ3) is 4.91. The van der Waals surface area contributed by atoms with E-state index in [4.69, 9.17) is 5.73 Å². The number of carbonyl (C=O) groups is 2. The number of nitrogens with zero attached hydrogens (tertiary/aromatic N) is 4. The third-order valence-electron chi connectivity index (χ3n) is 7.67. The third-order valence-corrected chi connectivity index (χ3v) is 7.67. The highest BCUT2D eigenvalue weighted by atomic mass is 19.1. The molecule has 2 fully saturated rings. The Hall–Kier alpha value is -3.03. The second kappa shape index (κ2) is 9.31. The molecule has 3 heterocycles. The first-order valence-electron chi connectivity index (χ1n) is 12.0. The number of halogens is 1. The molecule has 34 heavy (non-hydrogen) atoms. The molecule has 8 heteroatoms. The molecule has 7 nitrogen and oxygen atoms in total. The average Bonchev–Trinajstić information content (AvgIpc) is 2.80. The standard InChI is InChI=1S/C26H34FN5O2/c1-18-29-21(17-22(28)30-18)25(2)8-14-32(15-9-25)24(34)26(3)10-12-31(13-11-26)23(33)16-19-6-4-5-7-20(19)27/h4-7,17H,8-16H2,1-3H3,(H2,28,29,30). The fourth-order valence-corrected chi connectivity index (χ4v) is 5.12. The number of aromatic nitrogens is 2. The van der Waals surface area contributed by atoms with Crippen LogP contribution in [0, 0.1) is 18.2 Å². The maximum Gasteiger partial charge on any atom is 0.228 e. The van der Waals surface area contributed by atoms with Crippen LogP contribution in [0.3, 0.4) is 0 Å². The topological polar surface area (TPSA) is 92.4 Å². The van der Waals surface area contributed by atoms with Crippen LogP contribution >= 0.6 is 0 Å². The van der Waals surface area contributed by atoms with E-state index in [0.717, 1.165) is 18.5 Å². The van der Waals surface area contributed by atoms with Crippen molar-refractivity contribution in [2.24, 2.45) is 5.41 Å². The van der Waals surface area contributed by atoms with Gasteiger partial charge in [0, 0.05) is 43.1 Å². The predicted octanol–water partition coefficient (Wildman–Crippen LogP) is 3.26. The Kier molecular flexibility index (Phi) is 6.60. The van der Waals surface area contributed by atoms with Gasteiger partial charge in [0.1, 0.15) is 17.5 Å². The maximum absolute atomic E-state index is 13.9. The zero-order valence-electron chi connectivity index (χ0n) is 20.3. The van der Waals surface area contributed by atoms with E-state index in [0.29, 0.717) is 56.2 Å². The summed E-state index contributed by atoms with van der Waals surface area (Å²) in [7, 11) is 0. The lowest BCUT2D eigenvalue weighted by molar-refractivity contribution is -0.148. The van der Waals surface area contributed by atoms with E-state index < -0.39 is 5.41 Å². The Morgan fingerprint density at radius 3 is 2.24 bits per heavy atom.